The van der Waals surface area contributed by atoms with E-state index in [1.54, 1.807) is 7.11 Å². The summed E-state index contributed by atoms with van der Waals surface area (Å²) in [6, 6.07) is 16.4. The van der Waals surface area contributed by atoms with Gasteiger partial charge in [-0.25, -0.2) is 0 Å². The van der Waals surface area contributed by atoms with Crippen molar-refractivity contribution in [2.75, 3.05) is 7.11 Å². The number of rotatable bonds is 4. The van der Waals surface area contributed by atoms with Crippen LogP contribution in [0.4, 0.5) is 0 Å². The second-order valence-corrected chi connectivity index (χ2v) is 6.76. The Labute approximate surface area is 142 Å². The van der Waals surface area contributed by atoms with E-state index >= 15 is 0 Å². The van der Waals surface area contributed by atoms with E-state index in [-0.39, 0.29) is 23.9 Å². The van der Waals surface area contributed by atoms with Gasteiger partial charge in [-0.05, 0) is 42.0 Å². The molecule has 0 radical (unpaired) electrons. The number of methoxy groups -OCH3 is 1. The Hall–Kier alpha value is -2.29. The fourth-order valence-corrected chi connectivity index (χ4v) is 3.79. The average molecular weight is 322 g/mol. The third kappa shape index (κ3) is 2.91. The monoisotopic (exact) mass is 322 g/mol. The molecular weight excluding hydrogens is 300 g/mol. The first-order chi connectivity index (χ1) is 11.8. The Balaban J connectivity index is 1.38. The third-order valence-corrected chi connectivity index (χ3v) is 5.22. The van der Waals surface area contributed by atoms with Crippen molar-refractivity contribution in [3.8, 4) is 5.75 Å². The highest BCUT2D eigenvalue weighted by atomic mass is 16.5. The number of hydrogen-bond donors (Lipinski definition) is 0. The van der Waals surface area contributed by atoms with Gasteiger partial charge in [0.25, 0.3) is 0 Å². The molecule has 2 aromatic carbocycles. The van der Waals surface area contributed by atoms with Crippen LogP contribution >= 0.6 is 0 Å². The molecule has 0 N–H and O–H groups in total. The smallest absolute Gasteiger partial charge is 0.309 e. The van der Waals surface area contributed by atoms with Crippen molar-refractivity contribution in [1.29, 1.82) is 0 Å². The molecule has 0 heterocycles. The molecule has 1 saturated carbocycles. The van der Waals surface area contributed by atoms with Crippen LogP contribution in [-0.4, -0.2) is 19.2 Å². The van der Waals surface area contributed by atoms with Crippen LogP contribution in [-0.2, 0) is 22.4 Å². The molecule has 3 nitrogen and oxygen atoms in total. The van der Waals surface area contributed by atoms with Gasteiger partial charge in [-0.1, -0.05) is 42.5 Å². The number of aryl methyl sites for hydroxylation is 1. The number of fused-ring (bicyclic) bond motifs is 1. The number of carbonyl (C=O) groups excluding carboxylic acids is 1. The number of para-hydroxylation sites is 1. The van der Waals surface area contributed by atoms with Gasteiger partial charge in [-0.15, -0.1) is 0 Å². The Morgan fingerprint density at radius 3 is 2.62 bits per heavy atom. The third-order valence-electron chi connectivity index (χ3n) is 5.22. The first kappa shape index (κ1) is 15.3. The summed E-state index contributed by atoms with van der Waals surface area (Å²) >= 11 is 0. The molecule has 0 aliphatic heterocycles. The van der Waals surface area contributed by atoms with E-state index < -0.39 is 0 Å². The Morgan fingerprint density at radius 1 is 1.04 bits per heavy atom. The van der Waals surface area contributed by atoms with Crippen LogP contribution in [0, 0.1) is 5.92 Å². The number of carbonyl (C=O) groups is 1. The molecule has 2 aliphatic carbocycles. The van der Waals surface area contributed by atoms with Crippen molar-refractivity contribution >= 4 is 5.97 Å². The lowest BCUT2D eigenvalue weighted by atomic mass is 9.90. The zero-order chi connectivity index (χ0) is 16.5. The molecule has 2 aromatic rings. The van der Waals surface area contributed by atoms with Gasteiger partial charge in [0.2, 0.25) is 0 Å². The van der Waals surface area contributed by atoms with E-state index in [0.29, 0.717) is 0 Å². The van der Waals surface area contributed by atoms with E-state index in [1.165, 1.54) is 11.1 Å². The van der Waals surface area contributed by atoms with Crippen molar-refractivity contribution in [2.24, 2.45) is 5.92 Å². The molecule has 0 amide bonds. The number of hydrogen-bond acceptors (Lipinski definition) is 3. The molecule has 3 unspecified atom stereocenters. The minimum atomic E-state index is -0.0460. The number of esters is 1. The number of benzene rings is 2. The standard InChI is InChI=1S/C21H22O3/c1-23-20-9-5-4-8-17(20)18-13-19(18)21(22)24-16-11-10-14-6-2-3-7-15(14)12-16/h2-9,16,18-19H,10-13H2,1H3. The molecule has 3 heteroatoms. The number of ether oxygens (including phenoxy) is 2. The average Bonchev–Trinajstić information content (AvgIpc) is 3.42. The summed E-state index contributed by atoms with van der Waals surface area (Å²) in [4.78, 5) is 12.5. The summed E-state index contributed by atoms with van der Waals surface area (Å²) in [6.07, 6.45) is 3.64. The Morgan fingerprint density at radius 2 is 1.79 bits per heavy atom. The van der Waals surface area contributed by atoms with Crippen LogP contribution < -0.4 is 4.74 Å². The van der Waals surface area contributed by atoms with Crippen molar-refractivity contribution < 1.29 is 14.3 Å². The first-order valence-corrected chi connectivity index (χ1v) is 8.66. The lowest BCUT2D eigenvalue weighted by Gasteiger charge is -2.24. The van der Waals surface area contributed by atoms with E-state index in [4.69, 9.17) is 9.47 Å². The minimum absolute atomic E-state index is 0.0153. The van der Waals surface area contributed by atoms with Gasteiger partial charge in [0.15, 0.2) is 0 Å². The van der Waals surface area contributed by atoms with E-state index in [9.17, 15) is 4.79 Å². The molecule has 0 aromatic heterocycles. The maximum atomic E-state index is 12.5. The largest absolute Gasteiger partial charge is 0.496 e. The second-order valence-electron chi connectivity index (χ2n) is 6.76. The zero-order valence-corrected chi connectivity index (χ0v) is 13.9. The quantitative estimate of drug-likeness (QED) is 0.801. The van der Waals surface area contributed by atoms with Crippen LogP contribution in [0.5, 0.6) is 5.75 Å². The van der Waals surface area contributed by atoms with Gasteiger partial charge in [0, 0.05) is 12.3 Å². The fraction of sp³-hybridized carbons (Fsp3) is 0.381. The zero-order valence-electron chi connectivity index (χ0n) is 13.9. The van der Waals surface area contributed by atoms with E-state index in [1.807, 2.05) is 24.3 Å². The van der Waals surface area contributed by atoms with Gasteiger partial charge in [0.1, 0.15) is 11.9 Å². The highest BCUT2D eigenvalue weighted by Gasteiger charge is 2.47. The molecular formula is C21H22O3. The van der Waals surface area contributed by atoms with Crippen molar-refractivity contribution in [2.45, 2.75) is 37.7 Å². The van der Waals surface area contributed by atoms with Gasteiger partial charge in [-0.3, -0.25) is 4.79 Å². The second kappa shape index (κ2) is 6.31. The minimum Gasteiger partial charge on any atom is -0.496 e. The summed E-state index contributed by atoms with van der Waals surface area (Å²) in [5, 5.41) is 0. The summed E-state index contributed by atoms with van der Waals surface area (Å²) < 4.78 is 11.2. The van der Waals surface area contributed by atoms with Crippen LogP contribution in [0.15, 0.2) is 48.5 Å². The summed E-state index contributed by atoms with van der Waals surface area (Å²) in [5.41, 5.74) is 3.83. The normalized spacial score (nSPS) is 24.8. The predicted molar refractivity (Wildman–Crippen MR) is 92.2 cm³/mol. The van der Waals surface area contributed by atoms with Gasteiger partial charge < -0.3 is 9.47 Å². The SMILES string of the molecule is COc1ccccc1C1CC1C(=O)OC1CCc2ccccc2C1. The van der Waals surface area contributed by atoms with Crippen LogP contribution in [0.25, 0.3) is 0 Å². The Bertz CT molecular complexity index is 752. The van der Waals surface area contributed by atoms with Crippen molar-refractivity contribution in [1.82, 2.24) is 0 Å². The molecule has 2 aliphatic rings. The van der Waals surface area contributed by atoms with E-state index in [2.05, 4.69) is 24.3 Å². The fourth-order valence-electron chi connectivity index (χ4n) is 3.79. The summed E-state index contributed by atoms with van der Waals surface area (Å²) in [7, 11) is 1.67. The first-order valence-electron chi connectivity index (χ1n) is 8.66. The lowest BCUT2D eigenvalue weighted by Crippen LogP contribution is -2.26. The molecule has 0 spiro atoms. The maximum absolute atomic E-state index is 12.5. The molecule has 0 saturated heterocycles. The summed E-state index contributed by atoms with van der Waals surface area (Å²) in [6.45, 7) is 0. The van der Waals surface area contributed by atoms with Gasteiger partial charge >= 0.3 is 5.97 Å². The maximum Gasteiger partial charge on any atom is 0.309 e. The van der Waals surface area contributed by atoms with Crippen LogP contribution in [0.1, 0.15) is 35.4 Å². The van der Waals surface area contributed by atoms with Crippen LogP contribution in [0.2, 0.25) is 0 Å². The highest BCUT2D eigenvalue weighted by molar-refractivity contribution is 5.78. The predicted octanol–water partition coefficient (Wildman–Crippen LogP) is 3.90. The van der Waals surface area contributed by atoms with Crippen molar-refractivity contribution in [3.63, 3.8) is 0 Å². The molecule has 24 heavy (non-hydrogen) atoms. The van der Waals surface area contributed by atoms with Crippen molar-refractivity contribution in [3.05, 3.63) is 65.2 Å². The molecule has 3 atom stereocenters. The highest BCUT2D eigenvalue weighted by Crippen LogP contribution is 2.51. The van der Waals surface area contributed by atoms with Gasteiger partial charge in [-0.2, -0.15) is 0 Å². The molecule has 124 valence electrons. The van der Waals surface area contributed by atoms with Gasteiger partial charge in [0.05, 0.1) is 13.0 Å². The molecule has 1 fully saturated rings. The van der Waals surface area contributed by atoms with Crippen LogP contribution in [0.3, 0.4) is 0 Å². The Kier molecular flexibility index (Phi) is 4.01. The van der Waals surface area contributed by atoms with E-state index in [0.717, 1.165) is 37.0 Å². The topological polar surface area (TPSA) is 35.5 Å². The molecule has 0 bridgehead atoms. The summed E-state index contributed by atoms with van der Waals surface area (Å²) in [5.74, 6) is 1.04. The molecule has 4 rings (SSSR count). The lowest BCUT2D eigenvalue weighted by molar-refractivity contribution is -0.151.